The summed E-state index contributed by atoms with van der Waals surface area (Å²) in [5.41, 5.74) is 3.12. The minimum absolute atomic E-state index is 0.0707. The number of carboxylic acid groups (broad SMARTS) is 1. The Morgan fingerprint density at radius 2 is 1.83 bits per heavy atom. The van der Waals surface area contributed by atoms with Gasteiger partial charge in [-0.3, -0.25) is 4.79 Å². The predicted octanol–water partition coefficient (Wildman–Crippen LogP) is 5.42. The lowest BCUT2D eigenvalue weighted by atomic mass is 10.1. The van der Waals surface area contributed by atoms with E-state index in [0.29, 0.717) is 19.0 Å². The minimum Gasteiger partial charge on any atom is -0.497 e. The number of aliphatic carboxylic acids is 1. The van der Waals surface area contributed by atoms with E-state index in [4.69, 9.17) is 9.72 Å². The molecule has 2 aromatic carbocycles. The zero-order chi connectivity index (χ0) is 20.8. The first-order chi connectivity index (χ1) is 14.0. The van der Waals surface area contributed by atoms with Crippen LogP contribution in [0.5, 0.6) is 5.75 Å². The molecule has 5 nitrogen and oxygen atoms in total. The average Bonchev–Trinajstić information content (AvgIpc) is 3.17. The maximum absolute atomic E-state index is 11.2. The lowest BCUT2D eigenvalue weighted by Crippen LogP contribution is -2.25. The van der Waals surface area contributed by atoms with Crippen LogP contribution >= 0.6 is 11.3 Å². The van der Waals surface area contributed by atoms with Crippen molar-refractivity contribution in [2.24, 2.45) is 0 Å². The Kier molecular flexibility index (Phi) is 6.88. The van der Waals surface area contributed by atoms with E-state index in [1.165, 1.54) is 4.88 Å². The zero-order valence-electron chi connectivity index (χ0n) is 17.0. The molecule has 3 aromatic rings. The molecule has 1 heterocycles. The molecule has 0 radical (unpaired) electrons. The van der Waals surface area contributed by atoms with Crippen LogP contribution < -0.4 is 9.64 Å². The molecule has 1 aromatic heterocycles. The van der Waals surface area contributed by atoms with Crippen LogP contribution in [0, 0.1) is 0 Å². The van der Waals surface area contributed by atoms with Crippen molar-refractivity contribution in [3.8, 4) is 17.0 Å². The Bertz CT molecular complexity index is 937. The molecule has 0 aliphatic carbocycles. The molecule has 0 bridgehead atoms. The van der Waals surface area contributed by atoms with Gasteiger partial charge >= 0.3 is 5.97 Å². The fourth-order valence-electron chi connectivity index (χ4n) is 3.08. The summed E-state index contributed by atoms with van der Waals surface area (Å²) < 4.78 is 5.27. The molecule has 6 heteroatoms. The summed E-state index contributed by atoms with van der Waals surface area (Å²) in [4.78, 5) is 19.4. The quantitative estimate of drug-likeness (QED) is 0.510. The molecule has 1 N–H and O–H groups in total. The number of hydrogen-bond donors (Lipinski definition) is 1. The molecule has 152 valence electrons. The van der Waals surface area contributed by atoms with Crippen LogP contribution in [-0.2, 0) is 11.3 Å². The fourth-order valence-corrected chi connectivity index (χ4v) is 4.19. The van der Waals surface area contributed by atoms with Gasteiger partial charge in [0, 0.05) is 23.5 Å². The third kappa shape index (κ3) is 5.35. The van der Waals surface area contributed by atoms with Crippen molar-refractivity contribution in [2.75, 3.05) is 18.6 Å². The van der Waals surface area contributed by atoms with Crippen LogP contribution in [0.2, 0.25) is 0 Å². The van der Waals surface area contributed by atoms with Gasteiger partial charge in [-0.1, -0.05) is 44.2 Å². The summed E-state index contributed by atoms with van der Waals surface area (Å²) in [6.07, 6.45) is 0.0707. The SMILES string of the molecule is COc1ccc(-c2nc(N(CCC(=O)O)Cc3ccccc3)sc2C(C)C)cc1. The van der Waals surface area contributed by atoms with Crippen molar-refractivity contribution >= 4 is 22.4 Å². The molecule has 0 saturated heterocycles. The molecule has 0 atom stereocenters. The van der Waals surface area contributed by atoms with Gasteiger partial charge < -0.3 is 14.7 Å². The molecule has 0 unspecified atom stereocenters. The van der Waals surface area contributed by atoms with Crippen molar-refractivity contribution in [1.29, 1.82) is 0 Å². The topological polar surface area (TPSA) is 62.7 Å². The van der Waals surface area contributed by atoms with E-state index in [2.05, 4.69) is 30.9 Å². The van der Waals surface area contributed by atoms with E-state index in [1.807, 2.05) is 42.5 Å². The summed E-state index contributed by atoms with van der Waals surface area (Å²) in [6, 6.07) is 18.0. The Balaban J connectivity index is 1.96. The van der Waals surface area contributed by atoms with Crippen molar-refractivity contribution in [3.05, 3.63) is 65.0 Å². The fraction of sp³-hybridized carbons (Fsp3) is 0.304. The third-order valence-electron chi connectivity index (χ3n) is 4.61. The molecule has 0 aliphatic heterocycles. The second-order valence-corrected chi connectivity index (χ2v) is 8.15. The molecular weight excluding hydrogens is 384 g/mol. The van der Waals surface area contributed by atoms with Gasteiger partial charge in [-0.15, -0.1) is 11.3 Å². The normalized spacial score (nSPS) is 10.9. The summed E-state index contributed by atoms with van der Waals surface area (Å²) >= 11 is 1.64. The minimum atomic E-state index is -0.806. The molecule has 29 heavy (non-hydrogen) atoms. The first-order valence-corrected chi connectivity index (χ1v) is 10.5. The monoisotopic (exact) mass is 410 g/mol. The maximum Gasteiger partial charge on any atom is 0.305 e. The van der Waals surface area contributed by atoms with Crippen molar-refractivity contribution < 1.29 is 14.6 Å². The Labute approximate surface area is 175 Å². The van der Waals surface area contributed by atoms with Crippen LogP contribution in [0.25, 0.3) is 11.3 Å². The Morgan fingerprint density at radius 1 is 1.14 bits per heavy atom. The standard InChI is InChI=1S/C23H26N2O3S/c1-16(2)22-21(18-9-11-19(28-3)12-10-18)24-23(29-22)25(14-13-20(26)27)15-17-7-5-4-6-8-17/h4-12,16H,13-15H2,1-3H3,(H,26,27). The maximum atomic E-state index is 11.2. The molecule has 0 saturated carbocycles. The number of hydrogen-bond acceptors (Lipinski definition) is 5. The predicted molar refractivity (Wildman–Crippen MR) is 118 cm³/mol. The highest BCUT2D eigenvalue weighted by molar-refractivity contribution is 7.16. The lowest BCUT2D eigenvalue weighted by molar-refractivity contribution is -0.136. The first-order valence-electron chi connectivity index (χ1n) is 9.63. The van der Waals surface area contributed by atoms with Gasteiger partial charge in [0.25, 0.3) is 0 Å². The molecule has 0 fully saturated rings. The van der Waals surface area contributed by atoms with E-state index < -0.39 is 5.97 Å². The van der Waals surface area contributed by atoms with E-state index in [0.717, 1.165) is 27.7 Å². The van der Waals surface area contributed by atoms with Gasteiger partial charge in [0.05, 0.1) is 19.2 Å². The highest BCUT2D eigenvalue weighted by Crippen LogP contribution is 2.38. The number of carboxylic acids is 1. The number of nitrogens with zero attached hydrogens (tertiary/aromatic N) is 2. The summed E-state index contributed by atoms with van der Waals surface area (Å²) in [6.45, 7) is 5.35. The summed E-state index contributed by atoms with van der Waals surface area (Å²) in [5.74, 6) is 0.318. The second-order valence-electron chi connectivity index (χ2n) is 7.14. The number of benzene rings is 2. The van der Waals surface area contributed by atoms with Crippen LogP contribution in [0.3, 0.4) is 0 Å². The Morgan fingerprint density at radius 3 is 2.41 bits per heavy atom. The van der Waals surface area contributed by atoms with Crippen molar-refractivity contribution in [3.63, 3.8) is 0 Å². The highest BCUT2D eigenvalue weighted by atomic mass is 32.1. The van der Waals surface area contributed by atoms with Crippen LogP contribution in [0.4, 0.5) is 5.13 Å². The second kappa shape index (κ2) is 9.56. The van der Waals surface area contributed by atoms with Crippen LogP contribution in [0.15, 0.2) is 54.6 Å². The van der Waals surface area contributed by atoms with Crippen molar-refractivity contribution in [1.82, 2.24) is 4.98 Å². The molecular formula is C23H26N2O3S. The van der Waals surface area contributed by atoms with Gasteiger partial charge in [0.2, 0.25) is 0 Å². The number of rotatable bonds is 9. The van der Waals surface area contributed by atoms with Gasteiger partial charge in [-0.05, 0) is 35.7 Å². The lowest BCUT2D eigenvalue weighted by Gasteiger charge is -2.21. The highest BCUT2D eigenvalue weighted by Gasteiger charge is 2.20. The number of ether oxygens (including phenoxy) is 1. The number of methoxy groups -OCH3 is 1. The summed E-state index contributed by atoms with van der Waals surface area (Å²) in [5, 5.41) is 10.0. The smallest absolute Gasteiger partial charge is 0.305 e. The number of carbonyl (C=O) groups is 1. The number of anilines is 1. The zero-order valence-corrected chi connectivity index (χ0v) is 17.8. The van der Waals surface area contributed by atoms with Crippen LogP contribution in [0.1, 0.15) is 36.6 Å². The van der Waals surface area contributed by atoms with E-state index in [9.17, 15) is 9.90 Å². The van der Waals surface area contributed by atoms with E-state index >= 15 is 0 Å². The molecule has 0 spiro atoms. The van der Waals surface area contributed by atoms with E-state index in [-0.39, 0.29) is 6.42 Å². The van der Waals surface area contributed by atoms with E-state index in [1.54, 1.807) is 18.4 Å². The third-order valence-corrected chi connectivity index (χ3v) is 6.03. The largest absolute Gasteiger partial charge is 0.497 e. The molecule has 0 aliphatic rings. The molecule has 0 amide bonds. The number of thiazole rings is 1. The van der Waals surface area contributed by atoms with Gasteiger partial charge in [0.1, 0.15) is 5.75 Å². The Hall–Kier alpha value is -2.86. The summed E-state index contributed by atoms with van der Waals surface area (Å²) in [7, 11) is 1.65. The van der Waals surface area contributed by atoms with Gasteiger partial charge in [0.15, 0.2) is 5.13 Å². The van der Waals surface area contributed by atoms with Gasteiger partial charge in [-0.2, -0.15) is 0 Å². The average molecular weight is 411 g/mol. The van der Waals surface area contributed by atoms with Crippen LogP contribution in [-0.4, -0.2) is 29.7 Å². The van der Waals surface area contributed by atoms with Crippen molar-refractivity contribution in [2.45, 2.75) is 32.7 Å². The van der Waals surface area contributed by atoms with Gasteiger partial charge in [-0.25, -0.2) is 4.98 Å². The molecule has 3 rings (SSSR count). The first kappa shape index (κ1) is 20.9. The number of aromatic nitrogens is 1.